The van der Waals surface area contributed by atoms with Crippen molar-refractivity contribution in [3.8, 4) is 0 Å². The van der Waals surface area contributed by atoms with Gasteiger partial charge < -0.3 is 14.4 Å². The van der Waals surface area contributed by atoms with Crippen LogP contribution >= 0.6 is 15.9 Å². The van der Waals surface area contributed by atoms with Crippen LogP contribution in [0.1, 0.15) is 37.7 Å². The van der Waals surface area contributed by atoms with Crippen LogP contribution in [0.4, 0.5) is 14.9 Å². The van der Waals surface area contributed by atoms with Gasteiger partial charge in [-0.2, -0.15) is 0 Å². The molecule has 2 N–H and O–H groups in total. The smallest absolute Gasteiger partial charge is 0.412 e. The van der Waals surface area contributed by atoms with Gasteiger partial charge >= 0.3 is 6.09 Å². The molecule has 154 valence electrons. The van der Waals surface area contributed by atoms with Crippen LogP contribution in [0.5, 0.6) is 0 Å². The summed E-state index contributed by atoms with van der Waals surface area (Å²) in [6.45, 7) is 5.20. The molecule has 0 fully saturated rings. The molecule has 3 aromatic rings. The monoisotopic (exact) mass is 463 g/mol. The van der Waals surface area contributed by atoms with Gasteiger partial charge in [-0.25, -0.2) is 14.2 Å². The number of amides is 1. The molecule has 0 aliphatic carbocycles. The minimum absolute atomic E-state index is 0.192. The number of aromatic nitrogens is 2. The second-order valence-corrected chi connectivity index (χ2v) is 8.64. The lowest BCUT2D eigenvalue weighted by molar-refractivity contribution is 0.0636. The van der Waals surface area contributed by atoms with Crippen molar-refractivity contribution < 1.29 is 19.0 Å². The number of carbonyl (C=O) groups excluding carboxylic acids is 1. The molecule has 29 heavy (non-hydrogen) atoms. The highest BCUT2D eigenvalue weighted by atomic mass is 79.9. The number of anilines is 1. The molecule has 0 saturated carbocycles. The molecule has 0 spiro atoms. The molecule has 0 unspecified atom stereocenters. The molecular formula is C21H23BrFN3O3. The summed E-state index contributed by atoms with van der Waals surface area (Å²) in [5.74, 6) is 0.325. The zero-order chi connectivity index (χ0) is 21.3. The van der Waals surface area contributed by atoms with Crippen LogP contribution in [0.2, 0.25) is 0 Å². The number of hydrogen-bond donors (Lipinski definition) is 2. The molecule has 6 nitrogen and oxygen atoms in total. The Bertz CT molecular complexity index is 1070. The summed E-state index contributed by atoms with van der Waals surface area (Å²) in [6, 6.07) is 8.38. The first-order chi connectivity index (χ1) is 13.6. The van der Waals surface area contributed by atoms with E-state index >= 15 is 0 Å². The molecule has 1 heterocycles. The molecule has 0 saturated heterocycles. The normalized spacial score (nSPS) is 11.7. The summed E-state index contributed by atoms with van der Waals surface area (Å²) in [7, 11) is 1.87. The molecule has 0 radical (unpaired) electrons. The number of ether oxygens (including phenoxy) is 1. The van der Waals surface area contributed by atoms with E-state index in [1.807, 2.05) is 17.7 Å². The van der Waals surface area contributed by atoms with Crippen molar-refractivity contribution in [1.29, 1.82) is 0 Å². The number of hydrogen-bond acceptors (Lipinski definition) is 4. The highest BCUT2D eigenvalue weighted by Crippen LogP contribution is 2.25. The molecule has 1 amide bonds. The number of rotatable bonds is 4. The zero-order valence-corrected chi connectivity index (χ0v) is 18.3. The first-order valence-electron chi connectivity index (χ1n) is 9.10. The third-order valence-corrected chi connectivity index (χ3v) is 4.99. The van der Waals surface area contributed by atoms with Gasteiger partial charge in [0, 0.05) is 19.2 Å². The Hall–Kier alpha value is -2.45. The van der Waals surface area contributed by atoms with Gasteiger partial charge in [0.2, 0.25) is 0 Å². The number of halogens is 2. The molecule has 0 bridgehead atoms. The topological polar surface area (TPSA) is 76.4 Å². The molecular weight excluding hydrogens is 441 g/mol. The lowest BCUT2D eigenvalue weighted by Gasteiger charge is -2.19. The van der Waals surface area contributed by atoms with Gasteiger partial charge in [0.15, 0.2) is 0 Å². The second-order valence-electron chi connectivity index (χ2n) is 7.79. The number of benzene rings is 2. The third kappa shape index (κ3) is 4.94. The van der Waals surface area contributed by atoms with Gasteiger partial charge in [-0.3, -0.25) is 5.32 Å². The minimum atomic E-state index is -0.587. The average Bonchev–Trinajstić information content (AvgIpc) is 2.91. The summed E-state index contributed by atoms with van der Waals surface area (Å²) < 4.78 is 21.5. The first kappa shape index (κ1) is 21.3. The molecule has 2 aromatic carbocycles. The van der Waals surface area contributed by atoms with Crippen LogP contribution in [-0.2, 0) is 24.8 Å². The Balaban J connectivity index is 1.89. The number of aliphatic hydroxyl groups is 1. The van der Waals surface area contributed by atoms with Crippen molar-refractivity contribution in [1.82, 2.24) is 9.55 Å². The number of carbonyl (C=O) groups is 1. The molecule has 3 rings (SSSR count). The zero-order valence-electron chi connectivity index (χ0n) is 16.7. The summed E-state index contributed by atoms with van der Waals surface area (Å²) >= 11 is 3.14. The number of imidazole rings is 1. The van der Waals surface area contributed by atoms with Crippen LogP contribution in [0, 0.1) is 5.82 Å². The highest BCUT2D eigenvalue weighted by molar-refractivity contribution is 9.10. The summed E-state index contributed by atoms with van der Waals surface area (Å²) in [5, 5.41) is 12.3. The minimum Gasteiger partial charge on any atom is -0.444 e. The van der Waals surface area contributed by atoms with Gasteiger partial charge in [0.1, 0.15) is 17.2 Å². The van der Waals surface area contributed by atoms with Gasteiger partial charge in [-0.15, -0.1) is 0 Å². The van der Waals surface area contributed by atoms with Crippen LogP contribution in [0.15, 0.2) is 34.8 Å². The van der Waals surface area contributed by atoms with Crippen LogP contribution in [-0.4, -0.2) is 26.4 Å². The maximum Gasteiger partial charge on any atom is 0.412 e. The van der Waals surface area contributed by atoms with E-state index in [0.29, 0.717) is 39.0 Å². The van der Waals surface area contributed by atoms with Crippen molar-refractivity contribution >= 4 is 38.7 Å². The van der Waals surface area contributed by atoms with Gasteiger partial charge in [0.05, 0.1) is 22.1 Å². The molecule has 0 aliphatic rings. The van der Waals surface area contributed by atoms with Crippen molar-refractivity contribution in [2.45, 2.75) is 39.4 Å². The summed E-state index contributed by atoms with van der Waals surface area (Å²) in [5.41, 5.74) is 2.85. The Morgan fingerprint density at radius 2 is 2.00 bits per heavy atom. The van der Waals surface area contributed by atoms with Gasteiger partial charge in [-0.1, -0.05) is 0 Å². The predicted molar refractivity (Wildman–Crippen MR) is 113 cm³/mol. The highest BCUT2D eigenvalue weighted by Gasteiger charge is 2.17. The van der Waals surface area contributed by atoms with Crippen LogP contribution in [0.3, 0.4) is 0 Å². The average molecular weight is 464 g/mol. The predicted octanol–water partition coefficient (Wildman–Crippen LogP) is 4.91. The molecule has 8 heteroatoms. The fraction of sp³-hybridized carbons (Fsp3) is 0.333. The maximum absolute atomic E-state index is 14.0. The standard InChI is InChI=1S/C21H23BrFN3O3/c1-21(2,3)29-20(28)24-14-5-6-18-17(10-14)25-19(26(18)4)9-12-8-16(23)15(22)7-13(12)11-27/h5-8,10,27H,9,11H2,1-4H3,(H,24,28). The summed E-state index contributed by atoms with van der Waals surface area (Å²) in [4.78, 5) is 16.6. The van der Waals surface area contributed by atoms with E-state index in [1.54, 1.807) is 39.0 Å². The van der Waals surface area contributed by atoms with E-state index in [1.165, 1.54) is 6.07 Å². The molecule has 0 aliphatic heterocycles. The number of aryl methyl sites for hydroxylation is 1. The van der Waals surface area contributed by atoms with E-state index in [-0.39, 0.29) is 12.4 Å². The lowest BCUT2D eigenvalue weighted by atomic mass is 10.0. The van der Waals surface area contributed by atoms with E-state index in [4.69, 9.17) is 4.74 Å². The number of aliphatic hydroxyl groups excluding tert-OH is 1. The number of nitrogens with one attached hydrogen (secondary N) is 1. The van der Waals surface area contributed by atoms with Gasteiger partial charge in [-0.05, 0) is 78.2 Å². The van der Waals surface area contributed by atoms with E-state index in [2.05, 4.69) is 26.2 Å². The first-order valence-corrected chi connectivity index (χ1v) is 9.89. The Morgan fingerprint density at radius 3 is 2.66 bits per heavy atom. The van der Waals surface area contributed by atoms with Crippen molar-refractivity contribution in [3.05, 3.63) is 57.6 Å². The quantitative estimate of drug-likeness (QED) is 0.576. The molecule has 0 atom stereocenters. The van der Waals surface area contributed by atoms with Crippen molar-refractivity contribution in [3.63, 3.8) is 0 Å². The van der Waals surface area contributed by atoms with Gasteiger partial charge in [0.25, 0.3) is 0 Å². The van der Waals surface area contributed by atoms with E-state index < -0.39 is 11.7 Å². The SMILES string of the molecule is Cn1c(Cc2cc(F)c(Br)cc2CO)nc2cc(NC(=O)OC(C)(C)C)ccc21. The molecule has 1 aromatic heterocycles. The second kappa shape index (κ2) is 8.12. The largest absolute Gasteiger partial charge is 0.444 e. The number of nitrogens with zero attached hydrogens (tertiary/aromatic N) is 2. The Labute approximate surface area is 176 Å². The Morgan fingerprint density at radius 1 is 1.28 bits per heavy atom. The van der Waals surface area contributed by atoms with Crippen molar-refractivity contribution in [2.75, 3.05) is 5.32 Å². The fourth-order valence-electron chi connectivity index (χ4n) is 3.02. The Kier molecular flexibility index (Phi) is 5.95. The van der Waals surface area contributed by atoms with E-state index in [9.17, 15) is 14.3 Å². The lowest BCUT2D eigenvalue weighted by Crippen LogP contribution is -2.27. The third-order valence-electron chi connectivity index (χ3n) is 4.38. The summed E-state index contributed by atoms with van der Waals surface area (Å²) in [6.07, 6.45) is -0.175. The maximum atomic E-state index is 14.0. The number of fused-ring (bicyclic) bond motifs is 1. The van der Waals surface area contributed by atoms with Crippen LogP contribution in [0.25, 0.3) is 11.0 Å². The fourth-order valence-corrected chi connectivity index (χ4v) is 3.41. The van der Waals surface area contributed by atoms with Crippen LogP contribution < -0.4 is 5.32 Å². The van der Waals surface area contributed by atoms with Crippen molar-refractivity contribution in [2.24, 2.45) is 7.05 Å². The van der Waals surface area contributed by atoms with E-state index in [0.717, 1.165) is 5.52 Å².